The molecule has 0 aromatic carbocycles. The molecule has 0 aromatic heterocycles. The fourth-order valence-electron chi connectivity index (χ4n) is 2.17. The van der Waals surface area contributed by atoms with Gasteiger partial charge in [-0.3, -0.25) is 4.90 Å². The normalized spacial score (nSPS) is 21.3. The third-order valence-electron chi connectivity index (χ3n) is 3.16. The van der Waals surface area contributed by atoms with E-state index in [1.165, 1.54) is 0 Å². The fraction of sp³-hybridized carbons (Fsp3) is 1.00. The third-order valence-corrected chi connectivity index (χ3v) is 3.16. The Kier molecular flexibility index (Phi) is 8.44. The van der Waals surface area contributed by atoms with Gasteiger partial charge in [-0.2, -0.15) is 13.2 Å². The molecule has 1 saturated heterocycles. The lowest BCUT2D eigenvalue weighted by Gasteiger charge is -2.35. The molecule has 1 fully saturated rings. The van der Waals surface area contributed by atoms with Crippen molar-refractivity contribution < 1.29 is 22.6 Å². The lowest BCUT2D eigenvalue weighted by Crippen LogP contribution is -2.50. The van der Waals surface area contributed by atoms with E-state index < -0.39 is 12.8 Å². The molecule has 20 heavy (non-hydrogen) atoms. The van der Waals surface area contributed by atoms with Gasteiger partial charge >= 0.3 is 6.18 Å². The Hall–Kier alpha value is -0.370. The SMILES string of the molecule is CCCNCC1COCCN1CCCOCC(F)(F)F. The van der Waals surface area contributed by atoms with Crippen LogP contribution in [-0.2, 0) is 9.47 Å². The summed E-state index contributed by atoms with van der Waals surface area (Å²) in [5.41, 5.74) is 0. The fourth-order valence-corrected chi connectivity index (χ4v) is 2.17. The molecule has 1 aliphatic rings. The van der Waals surface area contributed by atoms with Gasteiger partial charge in [-0.1, -0.05) is 6.92 Å². The number of alkyl halides is 3. The van der Waals surface area contributed by atoms with Crippen LogP contribution in [0.25, 0.3) is 0 Å². The molecule has 1 N–H and O–H groups in total. The van der Waals surface area contributed by atoms with E-state index in [1.807, 2.05) is 0 Å². The van der Waals surface area contributed by atoms with E-state index in [9.17, 15) is 13.2 Å². The average Bonchev–Trinajstić information content (AvgIpc) is 2.39. The van der Waals surface area contributed by atoms with Gasteiger partial charge in [0.05, 0.1) is 13.2 Å². The molecular weight excluding hydrogens is 273 g/mol. The molecule has 0 spiro atoms. The molecule has 4 nitrogen and oxygen atoms in total. The highest BCUT2D eigenvalue weighted by molar-refractivity contribution is 4.77. The molecule has 7 heteroatoms. The minimum atomic E-state index is -4.23. The molecule has 0 aromatic rings. The molecule has 1 heterocycles. The van der Waals surface area contributed by atoms with Crippen molar-refractivity contribution in [3.63, 3.8) is 0 Å². The van der Waals surface area contributed by atoms with Gasteiger partial charge in [0.1, 0.15) is 6.61 Å². The molecular formula is C13H25F3N2O2. The van der Waals surface area contributed by atoms with Crippen molar-refractivity contribution >= 4 is 0 Å². The second-order valence-corrected chi connectivity index (χ2v) is 4.99. The maximum Gasteiger partial charge on any atom is 0.411 e. The lowest BCUT2D eigenvalue weighted by atomic mass is 10.2. The molecule has 1 atom stereocenters. The minimum absolute atomic E-state index is 0.145. The van der Waals surface area contributed by atoms with Crippen molar-refractivity contribution in [1.82, 2.24) is 10.2 Å². The molecule has 0 radical (unpaired) electrons. The van der Waals surface area contributed by atoms with Gasteiger partial charge in [-0.05, 0) is 19.4 Å². The number of morpholine rings is 1. The van der Waals surface area contributed by atoms with Crippen LogP contribution in [0.1, 0.15) is 19.8 Å². The van der Waals surface area contributed by atoms with Crippen LogP contribution in [-0.4, -0.2) is 69.7 Å². The molecule has 1 rings (SSSR count). The van der Waals surface area contributed by atoms with E-state index in [-0.39, 0.29) is 6.61 Å². The minimum Gasteiger partial charge on any atom is -0.378 e. The Morgan fingerprint density at radius 2 is 2.20 bits per heavy atom. The van der Waals surface area contributed by atoms with Crippen molar-refractivity contribution in [2.45, 2.75) is 32.0 Å². The van der Waals surface area contributed by atoms with Crippen LogP contribution in [0.2, 0.25) is 0 Å². The standard InChI is InChI=1S/C13H25F3N2O2/c1-2-4-17-9-12-10-19-8-6-18(12)5-3-7-20-11-13(14,15)16/h12,17H,2-11H2,1H3. The zero-order valence-electron chi connectivity index (χ0n) is 12.0. The highest BCUT2D eigenvalue weighted by atomic mass is 19.4. The van der Waals surface area contributed by atoms with Gasteiger partial charge in [0.2, 0.25) is 0 Å². The Labute approximate surface area is 118 Å². The summed E-state index contributed by atoms with van der Waals surface area (Å²) >= 11 is 0. The number of rotatable bonds is 9. The van der Waals surface area contributed by atoms with E-state index >= 15 is 0 Å². The van der Waals surface area contributed by atoms with Crippen LogP contribution in [0.5, 0.6) is 0 Å². The number of nitrogens with one attached hydrogen (secondary N) is 1. The summed E-state index contributed by atoms with van der Waals surface area (Å²) in [7, 11) is 0. The van der Waals surface area contributed by atoms with Crippen molar-refractivity contribution in [3.8, 4) is 0 Å². The first-order valence-electron chi connectivity index (χ1n) is 7.20. The van der Waals surface area contributed by atoms with Gasteiger partial charge in [0.15, 0.2) is 0 Å². The van der Waals surface area contributed by atoms with E-state index in [1.54, 1.807) is 0 Å². The lowest BCUT2D eigenvalue weighted by molar-refractivity contribution is -0.174. The number of halogens is 3. The van der Waals surface area contributed by atoms with Crippen LogP contribution >= 0.6 is 0 Å². The zero-order chi connectivity index (χ0) is 14.8. The maximum atomic E-state index is 11.9. The first-order chi connectivity index (χ1) is 9.53. The van der Waals surface area contributed by atoms with E-state index in [4.69, 9.17) is 4.74 Å². The Balaban J connectivity index is 2.15. The Bertz CT molecular complexity index is 252. The van der Waals surface area contributed by atoms with Gasteiger partial charge < -0.3 is 14.8 Å². The monoisotopic (exact) mass is 298 g/mol. The van der Waals surface area contributed by atoms with Gasteiger partial charge in [0.25, 0.3) is 0 Å². The summed E-state index contributed by atoms with van der Waals surface area (Å²) in [6.07, 6.45) is -2.54. The van der Waals surface area contributed by atoms with E-state index in [2.05, 4.69) is 21.9 Å². The largest absolute Gasteiger partial charge is 0.411 e. The number of hydrogen-bond acceptors (Lipinski definition) is 4. The van der Waals surface area contributed by atoms with Crippen molar-refractivity contribution in [1.29, 1.82) is 0 Å². The van der Waals surface area contributed by atoms with Crippen molar-refractivity contribution in [2.75, 3.05) is 52.6 Å². The predicted octanol–water partition coefficient (Wildman–Crippen LogP) is 1.66. The zero-order valence-corrected chi connectivity index (χ0v) is 12.0. The van der Waals surface area contributed by atoms with E-state index in [0.29, 0.717) is 25.7 Å². The number of hydrogen-bond donors (Lipinski definition) is 1. The first-order valence-corrected chi connectivity index (χ1v) is 7.20. The summed E-state index contributed by atoms with van der Waals surface area (Å²) in [6.45, 7) is 5.88. The van der Waals surface area contributed by atoms with Crippen LogP contribution in [0.4, 0.5) is 13.2 Å². The van der Waals surface area contributed by atoms with Crippen molar-refractivity contribution in [3.05, 3.63) is 0 Å². The molecule has 0 saturated carbocycles. The second-order valence-electron chi connectivity index (χ2n) is 4.99. The smallest absolute Gasteiger partial charge is 0.378 e. The molecule has 120 valence electrons. The van der Waals surface area contributed by atoms with Crippen LogP contribution in [0.15, 0.2) is 0 Å². The van der Waals surface area contributed by atoms with Crippen LogP contribution in [0.3, 0.4) is 0 Å². The van der Waals surface area contributed by atoms with Gasteiger partial charge in [0, 0.05) is 32.3 Å². The van der Waals surface area contributed by atoms with Crippen molar-refractivity contribution in [2.24, 2.45) is 0 Å². The van der Waals surface area contributed by atoms with Crippen LogP contribution in [0, 0.1) is 0 Å². The molecule has 0 bridgehead atoms. The Morgan fingerprint density at radius 1 is 1.40 bits per heavy atom. The van der Waals surface area contributed by atoms with E-state index in [0.717, 1.165) is 32.6 Å². The first kappa shape index (κ1) is 17.7. The van der Waals surface area contributed by atoms with Gasteiger partial charge in [-0.25, -0.2) is 0 Å². The summed E-state index contributed by atoms with van der Waals surface area (Å²) in [5, 5.41) is 3.35. The summed E-state index contributed by atoms with van der Waals surface area (Å²) in [5.74, 6) is 0. The van der Waals surface area contributed by atoms with Gasteiger partial charge in [-0.15, -0.1) is 0 Å². The number of nitrogens with zero attached hydrogens (tertiary/aromatic N) is 1. The highest BCUT2D eigenvalue weighted by Gasteiger charge is 2.27. The molecule has 1 unspecified atom stereocenters. The average molecular weight is 298 g/mol. The summed E-state index contributed by atoms with van der Waals surface area (Å²) < 4.78 is 45.8. The summed E-state index contributed by atoms with van der Waals surface area (Å²) in [4.78, 5) is 2.27. The maximum absolute atomic E-state index is 11.9. The highest BCUT2D eigenvalue weighted by Crippen LogP contribution is 2.14. The Morgan fingerprint density at radius 3 is 2.90 bits per heavy atom. The van der Waals surface area contributed by atoms with Crippen LogP contribution < -0.4 is 5.32 Å². The molecule has 1 aliphatic heterocycles. The second kappa shape index (κ2) is 9.55. The third kappa shape index (κ3) is 8.04. The summed E-state index contributed by atoms with van der Waals surface area (Å²) in [6, 6.07) is 0.304. The number of ether oxygens (including phenoxy) is 2. The molecule has 0 amide bonds. The quantitative estimate of drug-likeness (QED) is 0.656. The molecule has 0 aliphatic carbocycles. The topological polar surface area (TPSA) is 33.7 Å². The predicted molar refractivity (Wildman–Crippen MR) is 70.8 cm³/mol.